The van der Waals surface area contributed by atoms with Crippen LogP contribution in [-0.4, -0.2) is 7.98 Å². The Bertz CT molecular complexity index is 88.4. The zero-order chi connectivity index (χ0) is 6.57. The Kier molecular flexibility index (Phi) is 3.16. The molecule has 0 amide bonds. The summed E-state index contributed by atoms with van der Waals surface area (Å²) in [5, 5.41) is 2.49. The Hall–Kier alpha value is -0.595. The molecule has 0 spiro atoms. The SMILES string of the molecule is [B]N/C(=C\N)C(C)C. The third-order valence-corrected chi connectivity index (χ3v) is 0.968. The molecule has 44 valence electrons. The van der Waals surface area contributed by atoms with Crippen molar-refractivity contribution < 1.29 is 0 Å². The molecule has 3 heteroatoms. The number of allylic oxidation sites excluding steroid dienone is 1. The average Bonchev–Trinajstić information content (AvgIpc) is 1.69. The van der Waals surface area contributed by atoms with Gasteiger partial charge in [-0.1, -0.05) is 13.8 Å². The zero-order valence-electron chi connectivity index (χ0n) is 5.31. The smallest absolute Gasteiger partial charge is 0.222 e. The van der Waals surface area contributed by atoms with Gasteiger partial charge in [0.2, 0.25) is 7.98 Å². The zero-order valence-corrected chi connectivity index (χ0v) is 5.31. The van der Waals surface area contributed by atoms with Crippen molar-refractivity contribution in [1.82, 2.24) is 5.23 Å². The van der Waals surface area contributed by atoms with E-state index < -0.39 is 0 Å². The molecule has 8 heavy (non-hydrogen) atoms. The highest BCUT2D eigenvalue weighted by Crippen LogP contribution is 2.00. The predicted molar refractivity (Wildman–Crippen MR) is 36.0 cm³/mol. The fourth-order valence-electron chi connectivity index (χ4n) is 0.407. The molecule has 0 aromatic heterocycles. The van der Waals surface area contributed by atoms with E-state index in [1.165, 1.54) is 6.20 Å². The molecule has 3 N–H and O–H groups in total. The molecule has 0 heterocycles. The largest absolute Gasteiger partial charge is 0.439 e. The van der Waals surface area contributed by atoms with Crippen molar-refractivity contribution in [1.29, 1.82) is 0 Å². The van der Waals surface area contributed by atoms with Crippen LogP contribution in [0.3, 0.4) is 0 Å². The summed E-state index contributed by atoms with van der Waals surface area (Å²) in [6.07, 6.45) is 1.48. The molecule has 0 aliphatic heterocycles. The maximum atomic E-state index is 5.18. The van der Waals surface area contributed by atoms with Crippen LogP contribution in [-0.2, 0) is 0 Å². The molecule has 0 saturated carbocycles. The van der Waals surface area contributed by atoms with Gasteiger partial charge in [0.05, 0.1) is 0 Å². The van der Waals surface area contributed by atoms with Gasteiger partial charge < -0.3 is 11.0 Å². The van der Waals surface area contributed by atoms with Crippen molar-refractivity contribution in [3.8, 4) is 0 Å². The predicted octanol–water partition coefficient (Wildman–Crippen LogP) is 0.116. The lowest BCUT2D eigenvalue weighted by Crippen LogP contribution is -2.14. The van der Waals surface area contributed by atoms with Gasteiger partial charge in [-0.3, -0.25) is 0 Å². The summed E-state index contributed by atoms with van der Waals surface area (Å²) in [7, 11) is 5.09. The van der Waals surface area contributed by atoms with Crippen molar-refractivity contribution in [3.05, 3.63) is 11.9 Å². The van der Waals surface area contributed by atoms with Gasteiger partial charge >= 0.3 is 0 Å². The number of hydrogen-bond donors (Lipinski definition) is 2. The van der Waals surface area contributed by atoms with Crippen LogP contribution >= 0.6 is 0 Å². The number of nitrogens with one attached hydrogen (secondary N) is 1. The Morgan fingerprint density at radius 1 is 1.75 bits per heavy atom. The first-order valence-corrected chi connectivity index (χ1v) is 2.60. The first-order valence-electron chi connectivity index (χ1n) is 2.60. The van der Waals surface area contributed by atoms with Crippen LogP contribution in [0.5, 0.6) is 0 Å². The van der Waals surface area contributed by atoms with Crippen molar-refractivity contribution in [2.24, 2.45) is 11.7 Å². The van der Waals surface area contributed by atoms with E-state index in [1.807, 2.05) is 13.8 Å². The summed E-state index contributed by atoms with van der Waals surface area (Å²) < 4.78 is 0. The fraction of sp³-hybridized carbons (Fsp3) is 0.600. The lowest BCUT2D eigenvalue weighted by molar-refractivity contribution is 0.732. The Morgan fingerprint density at radius 2 is 2.25 bits per heavy atom. The molecule has 2 nitrogen and oxygen atoms in total. The van der Waals surface area contributed by atoms with Gasteiger partial charge in [-0.2, -0.15) is 0 Å². The molecule has 2 radical (unpaired) electrons. The van der Waals surface area contributed by atoms with Crippen LogP contribution in [0.2, 0.25) is 0 Å². The lowest BCUT2D eigenvalue weighted by Gasteiger charge is -2.08. The van der Waals surface area contributed by atoms with E-state index in [4.69, 9.17) is 13.7 Å². The third kappa shape index (κ3) is 1.91. The van der Waals surface area contributed by atoms with Gasteiger partial charge in [0.1, 0.15) is 0 Å². The second kappa shape index (κ2) is 3.41. The molecule has 0 unspecified atom stereocenters. The summed E-state index contributed by atoms with van der Waals surface area (Å²) in [5.74, 6) is 0.380. The van der Waals surface area contributed by atoms with Gasteiger partial charge in [-0.15, -0.1) is 0 Å². The molecule has 0 aliphatic rings. The van der Waals surface area contributed by atoms with Crippen LogP contribution < -0.4 is 11.0 Å². The minimum absolute atomic E-state index is 0.380. The Labute approximate surface area is 51.6 Å². The fourth-order valence-corrected chi connectivity index (χ4v) is 0.407. The van der Waals surface area contributed by atoms with E-state index in [0.717, 1.165) is 5.70 Å². The molecule has 0 bridgehead atoms. The molecule has 0 aromatic rings. The first kappa shape index (κ1) is 7.40. The van der Waals surface area contributed by atoms with Crippen molar-refractivity contribution >= 4 is 7.98 Å². The van der Waals surface area contributed by atoms with E-state index in [-0.39, 0.29) is 0 Å². The molecule has 0 saturated heterocycles. The van der Waals surface area contributed by atoms with Gasteiger partial charge in [0, 0.05) is 11.9 Å². The number of rotatable bonds is 2. The monoisotopic (exact) mass is 110 g/mol. The van der Waals surface area contributed by atoms with Crippen LogP contribution in [0.25, 0.3) is 0 Å². The van der Waals surface area contributed by atoms with Crippen molar-refractivity contribution in [2.75, 3.05) is 0 Å². The molecule has 0 rings (SSSR count). The van der Waals surface area contributed by atoms with E-state index in [0.29, 0.717) is 5.92 Å². The lowest BCUT2D eigenvalue weighted by atomic mass is 10.1. The summed E-state index contributed by atoms with van der Waals surface area (Å²) in [5.41, 5.74) is 6.05. The summed E-state index contributed by atoms with van der Waals surface area (Å²) in [6, 6.07) is 0. The van der Waals surface area contributed by atoms with E-state index in [1.54, 1.807) is 0 Å². The van der Waals surface area contributed by atoms with Gasteiger partial charge in [0.25, 0.3) is 0 Å². The molecule has 0 aromatic carbocycles. The molecule has 0 atom stereocenters. The Balaban J connectivity index is 3.72. The van der Waals surface area contributed by atoms with Crippen LogP contribution in [0.4, 0.5) is 0 Å². The minimum Gasteiger partial charge on any atom is -0.439 e. The maximum absolute atomic E-state index is 5.18. The Morgan fingerprint density at radius 3 is 2.25 bits per heavy atom. The van der Waals surface area contributed by atoms with E-state index >= 15 is 0 Å². The van der Waals surface area contributed by atoms with Gasteiger partial charge in [-0.05, 0) is 5.92 Å². The minimum atomic E-state index is 0.380. The summed E-state index contributed by atoms with van der Waals surface area (Å²) in [6.45, 7) is 4.02. The van der Waals surface area contributed by atoms with Gasteiger partial charge in [-0.25, -0.2) is 0 Å². The second-order valence-electron chi connectivity index (χ2n) is 1.92. The van der Waals surface area contributed by atoms with Crippen LogP contribution in [0, 0.1) is 5.92 Å². The summed E-state index contributed by atoms with van der Waals surface area (Å²) in [4.78, 5) is 0. The van der Waals surface area contributed by atoms with E-state index in [2.05, 4.69) is 5.23 Å². The third-order valence-electron chi connectivity index (χ3n) is 0.968. The number of nitrogens with two attached hydrogens (primary N) is 1. The molecular formula is C5H11BN2. The van der Waals surface area contributed by atoms with E-state index in [9.17, 15) is 0 Å². The number of hydrogen-bond acceptors (Lipinski definition) is 2. The standard InChI is InChI=1S/C5H11BN2/c1-4(2)5(3-7)8-6/h3-4,8H,7H2,1-2H3/b5-3-. The average molecular weight is 110 g/mol. The van der Waals surface area contributed by atoms with Crippen molar-refractivity contribution in [3.63, 3.8) is 0 Å². The molecule has 0 aliphatic carbocycles. The second-order valence-corrected chi connectivity index (χ2v) is 1.92. The van der Waals surface area contributed by atoms with Gasteiger partial charge in [0.15, 0.2) is 0 Å². The van der Waals surface area contributed by atoms with Crippen LogP contribution in [0.15, 0.2) is 11.9 Å². The highest BCUT2D eigenvalue weighted by atomic mass is 14.8. The quantitative estimate of drug-likeness (QED) is 0.495. The van der Waals surface area contributed by atoms with Crippen molar-refractivity contribution in [2.45, 2.75) is 13.8 Å². The normalized spacial score (nSPS) is 12.1. The molecular weight excluding hydrogens is 98.9 g/mol. The first-order chi connectivity index (χ1) is 3.72. The topological polar surface area (TPSA) is 38.0 Å². The van der Waals surface area contributed by atoms with Crippen LogP contribution in [0.1, 0.15) is 13.8 Å². The molecule has 0 fully saturated rings. The highest BCUT2D eigenvalue weighted by molar-refractivity contribution is 6.05. The highest BCUT2D eigenvalue weighted by Gasteiger charge is 1.95. The summed E-state index contributed by atoms with van der Waals surface area (Å²) >= 11 is 0. The maximum Gasteiger partial charge on any atom is 0.222 e.